The van der Waals surface area contributed by atoms with Crippen molar-refractivity contribution < 1.29 is 9.53 Å². The van der Waals surface area contributed by atoms with Crippen molar-refractivity contribution in [3.8, 4) is 5.69 Å². The van der Waals surface area contributed by atoms with Crippen LogP contribution in [0.1, 0.15) is 11.3 Å². The van der Waals surface area contributed by atoms with E-state index in [9.17, 15) is 4.79 Å². The van der Waals surface area contributed by atoms with Crippen LogP contribution in [-0.4, -0.2) is 17.6 Å². The highest BCUT2D eigenvalue weighted by molar-refractivity contribution is 5.90. The summed E-state index contributed by atoms with van der Waals surface area (Å²) in [6.07, 6.45) is 3.48. The van der Waals surface area contributed by atoms with Crippen LogP contribution < -0.4 is 5.32 Å². The summed E-state index contributed by atoms with van der Waals surface area (Å²) >= 11 is 0. The van der Waals surface area contributed by atoms with Crippen LogP contribution in [0.25, 0.3) is 11.4 Å². The first kappa shape index (κ1) is 11.6. The number of para-hydroxylation sites is 1. The standard InChI is InChI=1S/C15H14N2O2/c1-19-15(18)9-12-14-7-4-8-17(14)13-6-3-2-5-11(13)10-16-12/h2-9,16H,10H2,1H3/b12-9-. The van der Waals surface area contributed by atoms with Gasteiger partial charge < -0.3 is 14.6 Å². The molecule has 4 nitrogen and oxygen atoms in total. The molecule has 0 aliphatic carbocycles. The van der Waals surface area contributed by atoms with E-state index in [-0.39, 0.29) is 5.97 Å². The number of carbonyl (C=O) groups excluding carboxylic acids is 1. The summed E-state index contributed by atoms with van der Waals surface area (Å²) < 4.78 is 6.77. The zero-order valence-electron chi connectivity index (χ0n) is 10.6. The Hall–Kier alpha value is -2.49. The highest BCUT2D eigenvalue weighted by Gasteiger charge is 2.16. The Balaban J connectivity index is 2.14. The summed E-state index contributed by atoms with van der Waals surface area (Å²) in [4.78, 5) is 11.4. The molecule has 1 N–H and O–H groups in total. The van der Waals surface area contributed by atoms with E-state index >= 15 is 0 Å². The smallest absolute Gasteiger partial charge is 0.332 e. The number of methoxy groups -OCH3 is 1. The number of fused-ring (bicyclic) bond motifs is 3. The van der Waals surface area contributed by atoms with Gasteiger partial charge in [-0.15, -0.1) is 0 Å². The minimum Gasteiger partial charge on any atom is -0.466 e. The van der Waals surface area contributed by atoms with Crippen LogP contribution in [0, 0.1) is 0 Å². The van der Waals surface area contributed by atoms with Crippen LogP contribution in [0.15, 0.2) is 48.7 Å². The lowest BCUT2D eigenvalue weighted by Gasteiger charge is -2.08. The Kier molecular flexibility index (Phi) is 2.83. The molecule has 2 heterocycles. The van der Waals surface area contributed by atoms with Crippen LogP contribution in [0.3, 0.4) is 0 Å². The predicted octanol–water partition coefficient (Wildman–Crippen LogP) is 2.09. The molecule has 0 saturated carbocycles. The van der Waals surface area contributed by atoms with Crippen LogP contribution >= 0.6 is 0 Å². The number of hydrogen-bond donors (Lipinski definition) is 1. The molecule has 96 valence electrons. The van der Waals surface area contributed by atoms with Crippen molar-refractivity contribution >= 4 is 11.7 Å². The lowest BCUT2D eigenvalue weighted by molar-refractivity contribution is -0.134. The van der Waals surface area contributed by atoms with Crippen LogP contribution in [-0.2, 0) is 16.1 Å². The third kappa shape index (κ3) is 2.01. The molecule has 1 aliphatic heterocycles. The number of nitrogens with one attached hydrogen (secondary N) is 1. The first-order chi connectivity index (χ1) is 9.29. The number of esters is 1. The summed E-state index contributed by atoms with van der Waals surface area (Å²) in [6.45, 7) is 0.681. The molecule has 3 rings (SSSR count). The summed E-state index contributed by atoms with van der Waals surface area (Å²) in [7, 11) is 1.38. The first-order valence-electron chi connectivity index (χ1n) is 6.09. The van der Waals surface area contributed by atoms with E-state index in [2.05, 4.69) is 22.0 Å². The van der Waals surface area contributed by atoms with E-state index < -0.39 is 0 Å². The minimum atomic E-state index is -0.360. The number of hydrogen-bond acceptors (Lipinski definition) is 3. The van der Waals surface area contributed by atoms with Crippen molar-refractivity contribution in [3.05, 3.63) is 59.9 Å². The molecule has 0 saturated heterocycles. The molecule has 2 aromatic rings. The molecule has 4 heteroatoms. The molecule has 0 radical (unpaired) electrons. The van der Waals surface area contributed by atoms with E-state index in [1.807, 2.05) is 30.5 Å². The van der Waals surface area contributed by atoms with Crippen molar-refractivity contribution in [2.75, 3.05) is 7.11 Å². The van der Waals surface area contributed by atoms with Gasteiger partial charge >= 0.3 is 5.97 Å². The summed E-state index contributed by atoms with van der Waals surface area (Å²) in [5.41, 5.74) is 4.04. The Morgan fingerprint density at radius 1 is 1.32 bits per heavy atom. The fraction of sp³-hybridized carbons (Fsp3) is 0.133. The van der Waals surface area contributed by atoms with Gasteiger partial charge in [-0.05, 0) is 23.8 Å². The van der Waals surface area contributed by atoms with Gasteiger partial charge in [-0.3, -0.25) is 0 Å². The van der Waals surface area contributed by atoms with Gasteiger partial charge in [0.2, 0.25) is 0 Å². The maximum Gasteiger partial charge on any atom is 0.332 e. The Morgan fingerprint density at radius 2 is 2.16 bits per heavy atom. The molecular formula is C15H14N2O2. The van der Waals surface area contributed by atoms with E-state index in [1.165, 1.54) is 18.7 Å². The van der Waals surface area contributed by atoms with E-state index in [0.29, 0.717) is 6.54 Å². The van der Waals surface area contributed by atoms with E-state index in [4.69, 9.17) is 4.74 Å². The molecule has 1 aromatic heterocycles. The molecule has 0 fully saturated rings. The SMILES string of the molecule is COC(=O)/C=C1\NCc2ccccc2-n2cccc21. The van der Waals surface area contributed by atoms with Gasteiger partial charge in [-0.25, -0.2) is 4.79 Å². The second-order valence-electron chi connectivity index (χ2n) is 4.33. The monoisotopic (exact) mass is 254 g/mol. The van der Waals surface area contributed by atoms with Crippen LogP contribution in [0.4, 0.5) is 0 Å². The largest absolute Gasteiger partial charge is 0.466 e. The van der Waals surface area contributed by atoms with Gasteiger partial charge in [0.1, 0.15) is 0 Å². The van der Waals surface area contributed by atoms with Gasteiger partial charge in [-0.1, -0.05) is 18.2 Å². The van der Waals surface area contributed by atoms with E-state index in [1.54, 1.807) is 0 Å². The maximum absolute atomic E-state index is 11.4. The average Bonchev–Trinajstić information content (AvgIpc) is 2.87. The average molecular weight is 254 g/mol. The molecule has 0 spiro atoms. The quantitative estimate of drug-likeness (QED) is 0.626. The van der Waals surface area contributed by atoms with Gasteiger partial charge in [-0.2, -0.15) is 0 Å². The molecule has 0 unspecified atom stereocenters. The van der Waals surface area contributed by atoms with Crippen molar-refractivity contribution in [2.24, 2.45) is 0 Å². The van der Waals surface area contributed by atoms with Crippen molar-refractivity contribution in [2.45, 2.75) is 6.54 Å². The summed E-state index contributed by atoms with van der Waals surface area (Å²) in [5, 5.41) is 3.28. The number of rotatable bonds is 1. The van der Waals surface area contributed by atoms with Gasteiger partial charge in [0.25, 0.3) is 0 Å². The number of carbonyl (C=O) groups is 1. The molecule has 0 bridgehead atoms. The summed E-state index contributed by atoms with van der Waals surface area (Å²) in [5.74, 6) is -0.360. The number of aromatic nitrogens is 1. The summed E-state index contributed by atoms with van der Waals surface area (Å²) in [6, 6.07) is 12.1. The second-order valence-corrected chi connectivity index (χ2v) is 4.33. The predicted molar refractivity (Wildman–Crippen MR) is 72.6 cm³/mol. The second kappa shape index (κ2) is 4.65. The Bertz CT molecular complexity index is 656. The van der Waals surface area contributed by atoms with Crippen molar-refractivity contribution in [1.82, 2.24) is 9.88 Å². The fourth-order valence-corrected chi connectivity index (χ4v) is 2.29. The number of nitrogens with zero attached hydrogens (tertiary/aromatic N) is 1. The molecule has 1 aromatic carbocycles. The minimum absolute atomic E-state index is 0.360. The molecule has 0 amide bonds. The molecular weight excluding hydrogens is 240 g/mol. The topological polar surface area (TPSA) is 43.3 Å². The molecule has 1 aliphatic rings. The van der Waals surface area contributed by atoms with Gasteiger partial charge in [0.05, 0.1) is 24.2 Å². The van der Waals surface area contributed by atoms with Crippen LogP contribution in [0.5, 0.6) is 0 Å². The Labute approximate surface area is 111 Å². The maximum atomic E-state index is 11.4. The van der Waals surface area contributed by atoms with Crippen LogP contribution in [0.2, 0.25) is 0 Å². The van der Waals surface area contributed by atoms with Crippen molar-refractivity contribution in [3.63, 3.8) is 0 Å². The Morgan fingerprint density at radius 3 is 3.00 bits per heavy atom. The first-order valence-corrected chi connectivity index (χ1v) is 6.09. The molecule has 19 heavy (non-hydrogen) atoms. The van der Waals surface area contributed by atoms with Crippen molar-refractivity contribution in [1.29, 1.82) is 0 Å². The fourth-order valence-electron chi connectivity index (χ4n) is 2.29. The zero-order chi connectivity index (χ0) is 13.2. The lowest BCUT2D eigenvalue weighted by Crippen LogP contribution is -2.12. The van der Waals surface area contributed by atoms with Gasteiger partial charge in [0.15, 0.2) is 0 Å². The number of ether oxygens (including phenoxy) is 1. The lowest BCUT2D eigenvalue weighted by atomic mass is 10.2. The zero-order valence-corrected chi connectivity index (χ0v) is 10.6. The molecule has 0 atom stereocenters. The third-order valence-electron chi connectivity index (χ3n) is 3.21. The van der Waals surface area contributed by atoms with E-state index in [0.717, 1.165) is 17.1 Å². The number of benzene rings is 1. The third-order valence-corrected chi connectivity index (χ3v) is 3.21. The normalized spacial score (nSPS) is 15.1. The van der Waals surface area contributed by atoms with Gasteiger partial charge in [0, 0.05) is 18.8 Å². The highest BCUT2D eigenvalue weighted by Crippen LogP contribution is 2.25. The highest BCUT2D eigenvalue weighted by atomic mass is 16.5.